The molecule has 0 aromatic carbocycles. The Bertz CT molecular complexity index is 1970. The van der Waals surface area contributed by atoms with Gasteiger partial charge in [-0.3, -0.25) is 37.3 Å². The number of carbonyl (C=O) groups is 4. The lowest BCUT2D eigenvalue weighted by Gasteiger charge is -2.21. The molecule has 5 atom stereocenters. The molecule has 0 amide bonds. The van der Waals surface area contributed by atoms with Crippen molar-refractivity contribution in [3.05, 3.63) is 0 Å². The van der Waals surface area contributed by atoms with Crippen molar-refractivity contribution < 1.29 is 80.2 Å². The number of esters is 4. The van der Waals surface area contributed by atoms with E-state index >= 15 is 0 Å². The molecule has 0 rings (SSSR count). The van der Waals surface area contributed by atoms with Gasteiger partial charge in [0.05, 0.1) is 26.4 Å². The summed E-state index contributed by atoms with van der Waals surface area (Å²) in [7, 11) is -9.93. The van der Waals surface area contributed by atoms with Crippen molar-refractivity contribution in [1.29, 1.82) is 0 Å². The van der Waals surface area contributed by atoms with Crippen molar-refractivity contribution in [3.8, 4) is 0 Å². The summed E-state index contributed by atoms with van der Waals surface area (Å²) in [5, 5.41) is 10.7. The smallest absolute Gasteiger partial charge is 0.462 e. The lowest BCUT2D eigenvalue weighted by atomic mass is 10.0. The number of carbonyl (C=O) groups excluding carboxylic acids is 4. The number of phosphoric acid groups is 2. The summed E-state index contributed by atoms with van der Waals surface area (Å²) < 4.78 is 68.8. The zero-order valence-electron chi connectivity index (χ0n) is 67.1. The van der Waals surface area contributed by atoms with Gasteiger partial charge in [-0.2, -0.15) is 0 Å². The van der Waals surface area contributed by atoms with E-state index in [-0.39, 0.29) is 25.7 Å². The molecular weight excluding hydrogens is 1330 g/mol. The first kappa shape index (κ1) is 100. The second-order valence-corrected chi connectivity index (χ2v) is 34.2. The summed E-state index contributed by atoms with van der Waals surface area (Å²) in [6.07, 6.45) is 62.3. The summed E-state index contributed by atoms with van der Waals surface area (Å²) in [4.78, 5) is 73.2. The fraction of sp³-hybridized carbons (Fsp3) is 0.952. The molecule has 606 valence electrons. The molecular formula is C83H162O17P2. The number of hydrogen-bond acceptors (Lipinski definition) is 15. The van der Waals surface area contributed by atoms with Crippen molar-refractivity contribution in [2.24, 2.45) is 17.8 Å². The highest BCUT2D eigenvalue weighted by Crippen LogP contribution is 2.45. The normalized spacial score (nSPS) is 13.9. The molecule has 2 unspecified atom stereocenters. The maximum absolute atomic E-state index is 13.1. The van der Waals surface area contributed by atoms with Crippen LogP contribution < -0.4 is 0 Å². The number of unbranched alkanes of at least 4 members (excludes halogenated alkanes) is 49. The van der Waals surface area contributed by atoms with Gasteiger partial charge in [-0.25, -0.2) is 9.13 Å². The predicted octanol–water partition coefficient (Wildman–Crippen LogP) is 24.9. The zero-order chi connectivity index (χ0) is 75.1. The first-order valence-corrected chi connectivity index (χ1v) is 45.8. The Kier molecular flexibility index (Phi) is 71.8. The molecule has 102 heavy (non-hydrogen) atoms. The van der Waals surface area contributed by atoms with Crippen molar-refractivity contribution >= 4 is 39.5 Å². The first-order valence-electron chi connectivity index (χ1n) is 42.8. The van der Waals surface area contributed by atoms with Crippen LogP contribution in [0, 0.1) is 17.8 Å². The van der Waals surface area contributed by atoms with Gasteiger partial charge in [0.15, 0.2) is 12.2 Å². The minimum Gasteiger partial charge on any atom is -0.462 e. The van der Waals surface area contributed by atoms with Gasteiger partial charge in [-0.05, 0) is 43.4 Å². The number of rotatable bonds is 81. The Morgan fingerprint density at radius 1 is 0.265 bits per heavy atom. The van der Waals surface area contributed by atoms with Gasteiger partial charge in [-0.1, -0.05) is 382 Å². The van der Waals surface area contributed by atoms with Crippen LogP contribution in [0.25, 0.3) is 0 Å². The van der Waals surface area contributed by atoms with E-state index in [0.29, 0.717) is 25.7 Å². The summed E-state index contributed by atoms with van der Waals surface area (Å²) in [6.45, 7) is 12.0. The number of aliphatic hydroxyl groups excluding tert-OH is 1. The summed E-state index contributed by atoms with van der Waals surface area (Å²) in [5.41, 5.74) is 0. The molecule has 0 aliphatic heterocycles. The molecule has 0 aliphatic rings. The van der Waals surface area contributed by atoms with Crippen molar-refractivity contribution in [2.45, 2.75) is 452 Å². The number of ether oxygens (including phenoxy) is 4. The number of phosphoric ester groups is 2. The third kappa shape index (κ3) is 76.3. The van der Waals surface area contributed by atoms with Crippen LogP contribution in [0.15, 0.2) is 0 Å². The molecule has 0 saturated heterocycles. The monoisotopic (exact) mass is 1490 g/mol. The van der Waals surface area contributed by atoms with E-state index in [1.807, 2.05) is 0 Å². The Morgan fingerprint density at radius 2 is 0.451 bits per heavy atom. The predicted molar refractivity (Wildman–Crippen MR) is 418 cm³/mol. The van der Waals surface area contributed by atoms with Crippen LogP contribution in [0.4, 0.5) is 0 Å². The number of aliphatic hydroxyl groups is 1. The SMILES string of the molecule is CCCCCCCCCCCCCCCC(=O)OC[C@H](COP(=O)(O)OC[C@H](O)COP(=O)(O)OC[C@@H](COC(=O)CCCCCCCCCCCCCCC(C)C)OC(=O)CCCCCCCCCCCCCCCCCCC(C)C)OC(=O)CCCCCCCCCCCCCCC(C)C. The fourth-order valence-corrected chi connectivity index (χ4v) is 14.4. The van der Waals surface area contributed by atoms with Gasteiger partial charge < -0.3 is 33.8 Å². The Hall–Kier alpha value is -1.94. The maximum atomic E-state index is 13.1. The Labute approximate surface area is 626 Å². The minimum absolute atomic E-state index is 0.107. The van der Waals surface area contributed by atoms with Crippen molar-refractivity contribution in [3.63, 3.8) is 0 Å². The molecule has 0 fully saturated rings. The molecule has 19 heteroatoms. The highest BCUT2D eigenvalue weighted by atomic mass is 31.2. The van der Waals surface area contributed by atoms with Crippen LogP contribution in [0.2, 0.25) is 0 Å². The largest absolute Gasteiger partial charge is 0.472 e. The average molecular weight is 1490 g/mol. The van der Waals surface area contributed by atoms with Crippen LogP contribution in [0.1, 0.15) is 434 Å². The molecule has 0 aromatic heterocycles. The molecule has 0 aliphatic carbocycles. The van der Waals surface area contributed by atoms with Gasteiger partial charge in [0.2, 0.25) is 0 Å². The van der Waals surface area contributed by atoms with E-state index in [9.17, 15) is 43.2 Å². The highest BCUT2D eigenvalue weighted by Gasteiger charge is 2.30. The first-order chi connectivity index (χ1) is 49.2. The molecule has 0 heterocycles. The van der Waals surface area contributed by atoms with Gasteiger partial charge in [0.1, 0.15) is 19.3 Å². The van der Waals surface area contributed by atoms with E-state index in [2.05, 4.69) is 48.5 Å². The fourth-order valence-electron chi connectivity index (χ4n) is 12.8. The molecule has 0 bridgehead atoms. The lowest BCUT2D eigenvalue weighted by Crippen LogP contribution is -2.30. The zero-order valence-corrected chi connectivity index (χ0v) is 68.9. The minimum atomic E-state index is -4.96. The number of hydrogen-bond donors (Lipinski definition) is 3. The molecule has 0 spiro atoms. The van der Waals surface area contributed by atoms with Gasteiger partial charge in [0.25, 0.3) is 0 Å². The molecule has 17 nitrogen and oxygen atoms in total. The van der Waals surface area contributed by atoms with Crippen LogP contribution in [0.5, 0.6) is 0 Å². The highest BCUT2D eigenvalue weighted by molar-refractivity contribution is 7.47. The molecule has 0 aromatic rings. The van der Waals surface area contributed by atoms with Gasteiger partial charge in [0, 0.05) is 25.7 Å². The standard InChI is InChI=1S/C83H162O17P2/c1-8-9-10-11-12-13-14-19-29-36-43-50-57-64-80(85)93-70-79(100-83(88)67-60-53-46-39-32-25-23-28-35-42-49-56-63-76(6)7)73-98-102(91,92)96-69-77(84)68-95-101(89,90)97-72-78(71-94-81(86)65-58-51-44-37-30-24-22-27-34-41-48-55-62-75(4)5)99-82(87)66-59-52-45-38-31-21-18-16-15-17-20-26-33-40-47-54-61-74(2)3/h74-79,84H,8-73H2,1-7H3,(H,89,90)(H,91,92)/t77-,78-,79-/m1/s1. The second kappa shape index (κ2) is 73.2. The topological polar surface area (TPSA) is 237 Å². The van der Waals surface area contributed by atoms with E-state index < -0.39 is 97.5 Å². The van der Waals surface area contributed by atoms with Crippen molar-refractivity contribution in [1.82, 2.24) is 0 Å². The molecule has 0 radical (unpaired) electrons. The van der Waals surface area contributed by atoms with Gasteiger partial charge in [-0.15, -0.1) is 0 Å². The van der Waals surface area contributed by atoms with Gasteiger partial charge >= 0.3 is 39.5 Å². The van der Waals surface area contributed by atoms with E-state index in [1.54, 1.807) is 0 Å². The molecule has 3 N–H and O–H groups in total. The summed E-state index contributed by atoms with van der Waals surface area (Å²) >= 11 is 0. The van der Waals surface area contributed by atoms with Crippen LogP contribution in [-0.4, -0.2) is 96.7 Å². The summed E-state index contributed by atoms with van der Waals surface area (Å²) in [5.74, 6) is 0.262. The van der Waals surface area contributed by atoms with Crippen LogP contribution >= 0.6 is 15.6 Å². The lowest BCUT2D eigenvalue weighted by molar-refractivity contribution is -0.161. The Balaban J connectivity index is 5.27. The quantitative estimate of drug-likeness (QED) is 0.0222. The third-order valence-corrected chi connectivity index (χ3v) is 21.3. The molecule has 0 saturated carbocycles. The van der Waals surface area contributed by atoms with E-state index in [0.717, 1.165) is 108 Å². The van der Waals surface area contributed by atoms with Crippen LogP contribution in [0.3, 0.4) is 0 Å². The van der Waals surface area contributed by atoms with Crippen LogP contribution in [-0.2, 0) is 65.4 Å². The average Bonchev–Trinajstić information content (AvgIpc) is 0.914. The Morgan fingerprint density at radius 3 is 0.667 bits per heavy atom. The van der Waals surface area contributed by atoms with E-state index in [4.69, 9.17) is 37.0 Å². The third-order valence-electron chi connectivity index (χ3n) is 19.4. The second-order valence-electron chi connectivity index (χ2n) is 31.3. The maximum Gasteiger partial charge on any atom is 0.472 e. The summed E-state index contributed by atoms with van der Waals surface area (Å²) in [6, 6.07) is 0. The van der Waals surface area contributed by atoms with Crippen molar-refractivity contribution in [2.75, 3.05) is 39.6 Å². The van der Waals surface area contributed by atoms with E-state index in [1.165, 1.54) is 244 Å².